The Labute approximate surface area is 131 Å². The summed E-state index contributed by atoms with van der Waals surface area (Å²) in [7, 11) is 0. The van der Waals surface area contributed by atoms with Crippen molar-refractivity contribution >= 4 is 15.9 Å². The number of fused-ring (bicyclic) bond motifs is 1. The van der Waals surface area contributed by atoms with E-state index in [4.69, 9.17) is 4.74 Å². The van der Waals surface area contributed by atoms with Gasteiger partial charge in [0.05, 0.1) is 6.61 Å². The lowest BCUT2D eigenvalue weighted by molar-refractivity contribution is 0.225. The first-order valence-electron chi connectivity index (χ1n) is 7.64. The monoisotopic (exact) mass is 339 g/mol. The first-order valence-corrected chi connectivity index (χ1v) is 8.44. The van der Waals surface area contributed by atoms with E-state index in [0.29, 0.717) is 23.8 Å². The van der Waals surface area contributed by atoms with E-state index in [1.807, 2.05) is 6.07 Å². The molecule has 0 saturated heterocycles. The lowest BCUT2D eigenvalue weighted by Gasteiger charge is -2.31. The fourth-order valence-corrected chi connectivity index (χ4v) is 3.48. The van der Waals surface area contributed by atoms with Gasteiger partial charge in [0.1, 0.15) is 5.75 Å². The van der Waals surface area contributed by atoms with Gasteiger partial charge in [-0.25, -0.2) is 0 Å². The first-order chi connectivity index (χ1) is 9.49. The van der Waals surface area contributed by atoms with Crippen molar-refractivity contribution in [2.45, 2.75) is 40.2 Å². The van der Waals surface area contributed by atoms with Crippen LogP contribution in [0.5, 0.6) is 5.75 Å². The quantitative estimate of drug-likeness (QED) is 0.832. The Morgan fingerprint density at radius 2 is 1.95 bits per heavy atom. The van der Waals surface area contributed by atoms with E-state index in [2.05, 4.69) is 61.1 Å². The third-order valence-corrected chi connectivity index (χ3v) is 4.82. The topological polar surface area (TPSA) is 21.3 Å². The molecule has 0 aromatic heterocycles. The first kappa shape index (κ1) is 15.8. The molecule has 0 fully saturated rings. The molecule has 112 valence electrons. The maximum atomic E-state index is 5.75. The largest absolute Gasteiger partial charge is 0.493 e. The molecular formula is C17H26BrNO. The average Bonchev–Trinajstić information content (AvgIpc) is 2.38. The Kier molecular flexibility index (Phi) is 5.50. The fourth-order valence-electron chi connectivity index (χ4n) is 3.10. The van der Waals surface area contributed by atoms with Crippen LogP contribution in [0.4, 0.5) is 0 Å². The van der Waals surface area contributed by atoms with E-state index in [9.17, 15) is 0 Å². The summed E-state index contributed by atoms with van der Waals surface area (Å²) in [5.74, 6) is 3.17. The Bertz CT molecular complexity index is 437. The van der Waals surface area contributed by atoms with Gasteiger partial charge >= 0.3 is 0 Å². The third-order valence-electron chi connectivity index (χ3n) is 4.32. The molecule has 20 heavy (non-hydrogen) atoms. The van der Waals surface area contributed by atoms with Gasteiger partial charge in [-0.3, -0.25) is 0 Å². The summed E-state index contributed by atoms with van der Waals surface area (Å²) in [6.45, 7) is 11.2. The summed E-state index contributed by atoms with van der Waals surface area (Å²) in [4.78, 5) is 0. The number of benzene rings is 1. The van der Waals surface area contributed by atoms with Crippen molar-refractivity contribution in [2.24, 2.45) is 17.8 Å². The predicted molar refractivity (Wildman–Crippen MR) is 88.2 cm³/mol. The molecule has 0 spiro atoms. The standard InChI is InChI=1S/C17H26BrNO/c1-11(2)15(12(3)4)10-19-16-7-8-20-17-6-5-13(18)9-14(16)17/h5-6,9,11-12,15-16,19H,7-8,10H2,1-4H3. The summed E-state index contributed by atoms with van der Waals surface area (Å²) >= 11 is 3.56. The van der Waals surface area contributed by atoms with Crippen molar-refractivity contribution < 1.29 is 4.74 Å². The zero-order valence-corrected chi connectivity index (χ0v) is 14.5. The van der Waals surface area contributed by atoms with Crippen molar-refractivity contribution in [3.8, 4) is 5.75 Å². The molecule has 0 saturated carbocycles. The Morgan fingerprint density at radius 3 is 2.60 bits per heavy atom. The van der Waals surface area contributed by atoms with Gasteiger partial charge in [-0.15, -0.1) is 0 Å². The zero-order chi connectivity index (χ0) is 14.7. The molecule has 1 aromatic carbocycles. The molecule has 0 radical (unpaired) electrons. The molecule has 3 heteroatoms. The molecule has 1 aliphatic heterocycles. The van der Waals surface area contributed by atoms with Crippen molar-refractivity contribution in [1.82, 2.24) is 5.32 Å². The van der Waals surface area contributed by atoms with Crippen LogP contribution in [0.1, 0.15) is 45.7 Å². The van der Waals surface area contributed by atoms with Crippen molar-refractivity contribution in [2.75, 3.05) is 13.2 Å². The van der Waals surface area contributed by atoms with Crippen LogP contribution >= 0.6 is 15.9 Å². The maximum absolute atomic E-state index is 5.75. The van der Waals surface area contributed by atoms with E-state index >= 15 is 0 Å². The van der Waals surface area contributed by atoms with Crippen LogP contribution in [0.3, 0.4) is 0 Å². The van der Waals surface area contributed by atoms with Crippen LogP contribution in [0, 0.1) is 17.8 Å². The Hall–Kier alpha value is -0.540. The van der Waals surface area contributed by atoms with Gasteiger partial charge in [-0.1, -0.05) is 43.6 Å². The van der Waals surface area contributed by atoms with Crippen molar-refractivity contribution in [3.63, 3.8) is 0 Å². The normalized spacial score (nSPS) is 18.5. The third kappa shape index (κ3) is 3.76. The van der Waals surface area contributed by atoms with Crippen LogP contribution in [-0.2, 0) is 0 Å². The van der Waals surface area contributed by atoms with Crippen molar-refractivity contribution in [3.05, 3.63) is 28.2 Å². The second-order valence-electron chi connectivity index (χ2n) is 6.43. The highest BCUT2D eigenvalue weighted by Crippen LogP contribution is 2.34. The van der Waals surface area contributed by atoms with E-state index in [1.54, 1.807) is 0 Å². The van der Waals surface area contributed by atoms with E-state index in [-0.39, 0.29) is 0 Å². The average molecular weight is 340 g/mol. The highest BCUT2D eigenvalue weighted by Gasteiger charge is 2.24. The highest BCUT2D eigenvalue weighted by molar-refractivity contribution is 9.10. The second kappa shape index (κ2) is 6.95. The fraction of sp³-hybridized carbons (Fsp3) is 0.647. The van der Waals surface area contributed by atoms with E-state index in [1.165, 1.54) is 5.56 Å². The zero-order valence-electron chi connectivity index (χ0n) is 12.9. The van der Waals surface area contributed by atoms with Gasteiger partial charge in [0.2, 0.25) is 0 Å². The molecule has 0 aliphatic carbocycles. The maximum Gasteiger partial charge on any atom is 0.124 e. The molecule has 0 bridgehead atoms. The van der Waals surface area contributed by atoms with E-state index < -0.39 is 0 Å². The summed E-state index contributed by atoms with van der Waals surface area (Å²) in [5, 5.41) is 3.77. The van der Waals surface area contributed by atoms with Crippen molar-refractivity contribution in [1.29, 1.82) is 0 Å². The summed E-state index contributed by atoms with van der Waals surface area (Å²) in [6.07, 6.45) is 1.05. The number of ether oxygens (including phenoxy) is 1. The second-order valence-corrected chi connectivity index (χ2v) is 7.35. The van der Waals surface area contributed by atoms with Crippen LogP contribution in [-0.4, -0.2) is 13.2 Å². The van der Waals surface area contributed by atoms with Gasteiger partial charge < -0.3 is 10.1 Å². The molecule has 0 amide bonds. The van der Waals surface area contributed by atoms with Crippen LogP contribution in [0.15, 0.2) is 22.7 Å². The molecule has 1 N–H and O–H groups in total. The Morgan fingerprint density at radius 1 is 1.25 bits per heavy atom. The number of hydrogen-bond acceptors (Lipinski definition) is 2. The summed E-state index contributed by atoms with van der Waals surface area (Å²) in [6, 6.07) is 6.71. The lowest BCUT2D eigenvalue weighted by Crippen LogP contribution is -2.34. The predicted octanol–water partition coefficient (Wildman–Crippen LogP) is 4.79. The van der Waals surface area contributed by atoms with Crippen LogP contribution in [0.2, 0.25) is 0 Å². The Balaban J connectivity index is 2.06. The molecule has 2 rings (SSSR count). The summed E-state index contributed by atoms with van der Waals surface area (Å²) < 4.78 is 6.87. The molecule has 1 atom stereocenters. The SMILES string of the molecule is CC(C)C(CNC1CCOc2ccc(Br)cc21)C(C)C. The van der Waals surface area contributed by atoms with Gasteiger partial charge in [-0.05, 0) is 42.5 Å². The number of rotatable bonds is 5. The minimum atomic E-state index is 0.413. The molecule has 1 unspecified atom stereocenters. The number of halogens is 1. The highest BCUT2D eigenvalue weighted by atomic mass is 79.9. The van der Waals surface area contributed by atoms with Gasteiger partial charge in [0.15, 0.2) is 0 Å². The molecule has 1 aromatic rings. The number of nitrogens with one attached hydrogen (secondary N) is 1. The minimum Gasteiger partial charge on any atom is -0.493 e. The van der Waals surface area contributed by atoms with Crippen LogP contribution < -0.4 is 10.1 Å². The van der Waals surface area contributed by atoms with Gasteiger partial charge in [0.25, 0.3) is 0 Å². The molecule has 1 aliphatic rings. The molecule has 1 heterocycles. The lowest BCUT2D eigenvalue weighted by atomic mass is 9.85. The smallest absolute Gasteiger partial charge is 0.124 e. The minimum absolute atomic E-state index is 0.413. The van der Waals surface area contributed by atoms with Gasteiger partial charge in [0, 0.05) is 22.5 Å². The molecular weight excluding hydrogens is 314 g/mol. The van der Waals surface area contributed by atoms with Crippen LogP contribution in [0.25, 0.3) is 0 Å². The number of hydrogen-bond donors (Lipinski definition) is 1. The van der Waals surface area contributed by atoms with Gasteiger partial charge in [-0.2, -0.15) is 0 Å². The molecule has 2 nitrogen and oxygen atoms in total. The summed E-state index contributed by atoms with van der Waals surface area (Å²) in [5.41, 5.74) is 1.29. The van der Waals surface area contributed by atoms with E-state index in [0.717, 1.165) is 29.8 Å².